The highest BCUT2D eigenvalue weighted by atomic mass is 16.5. The second-order valence-corrected chi connectivity index (χ2v) is 7.13. The van der Waals surface area contributed by atoms with Gasteiger partial charge in [-0.15, -0.1) is 0 Å². The summed E-state index contributed by atoms with van der Waals surface area (Å²) in [5, 5.41) is 0. The molecule has 4 rings (SSSR count). The number of carbonyl (C=O) groups is 2. The minimum Gasteiger partial charge on any atom is -0.493 e. The van der Waals surface area contributed by atoms with E-state index in [1.165, 1.54) is 0 Å². The average Bonchev–Trinajstić information content (AvgIpc) is 2.66. The van der Waals surface area contributed by atoms with Crippen molar-refractivity contribution in [3.8, 4) is 11.5 Å². The fraction of sp³-hybridized carbons (Fsp3) is 0.476. The van der Waals surface area contributed by atoms with Crippen molar-refractivity contribution in [2.75, 3.05) is 14.2 Å². The zero-order chi connectivity index (χ0) is 18.3. The first-order valence-corrected chi connectivity index (χ1v) is 9.22. The molecule has 136 valence electrons. The number of ether oxygens (including phenoxy) is 2. The Kier molecular flexibility index (Phi) is 4.39. The lowest BCUT2D eigenvalue weighted by Gasteiger charge is -2.38. The van der Waals surface area contributed by atoms with E-state index in [9.17, 15) is 9.59 Å². The van der Waals surface area contributed by atoms with Crippen LogP contribution in [0, 0.1) is 5.92 Å². The van der Waals surface area contributed by atoms with Crippen LogP contribution in [0.4, 0.5) is 0 Å². The van der Waals surface area contributed by atoms with E-state index in [1.807, 2.05) is 18.2 Å². The van der Waals surface area contributed by atoms with Gasteiger partial charge in [0, 0.05) is 35.7 Å². The van der Waals surface area contributed by atoms with E-state index >= 15 is 0 Å². The van der Waals surface area contributed by atoms with E-state index in [0.29, 0.717) is 24.3 Å². The molecule has 0 bridgehead atoms. The summed E-state index contributed by atoms with van der Waals surface area (Å²) in [6.45, 7) is 0. The predicted molar refractivity (Wildman–Crippen MR) is 98.0 cm³/mol. The summed E-state index contributed by atoms with van der Waals surface area (Å²) in [6.07, 6.45) is 4.44. The maximum absolute atomic E-state index is 12.8. The lowest BCUT2D eigenvalue weighted by molar-refractivity contribution is -0.122. The van der Waals surface area contributed by atoms with E-state index in [-0.39, 0.29) is 23.4 Å². The number of rotatable bonds is 3. The maximum Gasteiger partial charge on any atom is 0.161 e. The molecular formula is C21H23NO4. The average molecular weight is 353 g/mol. The van der Waals surface area contributed by atoms with E-state index < -0.39 is 0 Å². The normalized spacial score (nSPS) is 25.4. The summed E-state index contributed by atoms with van der Waals surface area (Å²) in [7, 11) is 3.19. The van der Waals surface area contributed by atoms with Crippen LogP contribution in [0.25, 0.3) is 0 Å². The van der Waals surface area contributed by atoms with Gasteiger partial charge in [0.25, 0.3) is 0 Å². The van der Waals surface area contributed by atoms with Crippen molar-refractivity contribution in [3.05, 3.63) is 35.0 Å². The molecule has 5 nitrogen and oxygen atoms in total. The second-order valence-electron chi connectivity index (χ2n) is 7.13. The monoisotopic (exact) mass is 353 g/mol. The van der Waals surface area contributed by atoms with Gasteiger partial charge in [0.2, 0.25) is 0 Å². The van der Waals surface area contributed by atoms with Gasteiger partial charge in [-0.1, -0.05) is 6.07 Å². The number of nitrogens with zero attached hydrogens (tertiary/aromatic N) is 1. The molecule has 1 heterocycles. The lowest BCUT2D eigenvalue weighted by Crippen LogP contribution is -2.39. The molecule has 2 aliphatic carbocycles. The third kappa shape index (κ3) is 2.66. The zero-order valence-electron chi connectivity index (χ0n) is 15.2. The van der Waals surface area contributed by atoms with Gasteiger partial charge in [-0.2, -0.15) is 0 Å². The standard InChI is InChI=1S/C21H23NO4/c1-25-17-10-9-12(11-18(17)26-2)19-20-13(5-3-7-15(20)23)22-14-6-4-8-16(24)21(14)19/h9-11,19-20H,3-8H2,1-2H3/t19-,20?/m1/s1. The van der Waals surface area contributed by atoms with Crippen molar-refractivity contribution in [1.82, 2.24) is 0 Å². The van der Waals surface area contributed by atoms with Crippen LogP contribution in [0.1, 0.15) is 50.0 Å². The Morgan fingerprint density at radius 1 is 0.923 bits per heavy atom. The summed E-state index contributed by atoms with van der Waals surface area (Å²) in [5.41, 5.74) is 3.52. The first-order chi connectivity index (χ1) is 12.6. The molecule has 1 aromatic carbocycles. The molecule has 0 aromatic heterocycles. The smallest absolute Gasteiger partial charge is 0.161 e. The fourth-order valence-electron chi connectivity index (χ4n) is 4.51. The van der Waals surface area contributed by atoms with Gasteiger partial charge in [-0.3, -0.25) is 14.6 Å². The summed E-state index contributed by atoms with van der Waals surface area (Å²) in [5.74, 6) is 1.01. The topological polar surface area (TPSA) is 65.0 Å². The third-order valence-corrected chi connectivity index (χ3v) is 5.68. The Labute approximate surface area is 153 Å². The van der Waals surface area contributed by atoms with Gasteiger partial charge in [-0.05, 0) is 43.4 Å². The van der Waals surface area contributed by atoms with Crippen molar-refractivity contribution in [2.24, 2.45) is 10.9 Å². The highest BCUT2D eigenvalue weighted by Crippen LogP contribution is 2.47. The van der Waals surface area contributed by atoms with Crippen LogP contribution < -0.4 is 9.47 Å². The van der Waals surface area contributed by atoms with Crippen molar-refractivity contribution in [1.29, 1.82) is 0 Å². The molecule has 0 N–H and O–H groups in total. The van der Waals surface area contributed by atoms with E-state index in [4.69, 9.17) is 14.5 Å². The minimum absolute atomic E-state index is 0.132. The summed E-state index contributed by atoms with van der Waals surface area (Å²) in [4.78, 5) is 30.4. The number of allylic oxidation sites excluding steroid dienone is 2. The number of methoxy groups -OCH3 is 2. The quantitative estimate of drug-likeness (QED) is 0.832. The van der Waals surface area contributed by atoms with E-state index in [0.717, 1.165) is 48.2 Å². The highest BCUT2D eigenvalue weighted by molar-refractivity contribution is 6.12. The Morgan fingerprint density at radius 3 is 2.46 bits per heavy atom. The molecule has 1 saturated carbocycles. The Hall–Kier alpha value is -2.43. The zero-order valence-corrected chi connectivity index (χ0v) is 15.2. The van der Waals surface area contributed by atoms with Gasteiger partial charge in [0.05, 0.1) is 20.1 Å². The van der Waals surface area contributed by atoms with Crippen LogP contribution in [0.5, 0.6) is 11.5 Å². The Morgan fingerprint density at radius 2 is 1.69 bits per heavy atom. The molecule has 26 heavy (non-hydrogen) atoms. The van der Waals surface area contributed by atoms with Crippen LogP contribution in [-0.4, -0.2) is 31.5 Å². The number of hydrogen-bond donors (Lipinski definition) is 0. The van der Waals surface area contributed by atoms with Gasteiger partial charge >= 0.3 is 0 Å². The number of carbonyl (C=O) groups excluding carboxylic acids is 2. The number of hydrogen-bond acceptors (Lipinski definition) is 5. The van der Waals surface area contributed by atoms with Crippen LogP contribution in [0.15, 0.2) is 34.5 Å². The number of fused-ring (bicyclic) bond motifs is 1. The molecule has 3 aliphatic rings. The molecule has 5 heteroatoms. The van der Waals surface area contributed by atoms with Crippen LogP contribution in [-0.2, 0) is 9.59 Å². The highest BCUT2D eigenvalue weighted by Gasteiger charge is 2.44. The largest absolute Gasteiger partial charge is 0.493 e. The summed E-state index contributed by atoms with van der Waals surface area (Å²) < 4.78 is 10.8. The molecule has 0 saturated heterocycles. The molecule has 2 atom stereocenters. The first kappa shape index (κ1) is 17.0. The Balaban J connectivity index is 1.88. The summed E-state index contributed by atoms with van der Waals surface area (Å²) in [6, 6.07) is 5.70. The van der Waals surface area contributed by atoms with Crippen LogP contribution >= 0.6 is 0 Å². The molecule has 1 aromatic rings. The lowest BCUT2D eigenvalue weighted by atomic mass is 9.67. The van der Waals surface area contributed by atoms with Gasteiger partial charge in [0.1, 0.15) is 5.78 Å². The van der Waals surface area contributed by atoms with Gasteiger partial charge < -0.3 is 9.47 Å². The minimum atomic E-state index is -0.317. The van der Waals surface area contributed by atoms with Crippen molar-refractivity contribution >= 4 is 17.3 Å². The van der Waals surface area contributed by atoms with Crippen molar-refractivity contribution in [2.45, 2.75) is 44.4 Å². The molecule has 1 aliphatic heterocycles. The molecule has 1 unspecified atom stereocenters. The van der Waals surface area contributed by atoms with E-state index in [1.54, 1.807) is 14.2 Å². The number of benzene rings is 1. The number of Topliss-reactive ketones (excluding diaryl/α,β-unsaturated/α-hetero) is 2. The maximum atomic E-state index is 12.8. The SMILES string of the molecule is COc1ccc([C@H]2C3=C(CCCC3=O)N=C3CCCC(=O)C32)cc1OC. The number of ketones is 2. The first-order valence-electron chi connectivity index (χ1n) is 9.22. The summed E-state index contributed by atoms with van der Waals surface area (Å²) >= 11 is 0. The molecule has 0 amide bonds. The second kappa shape index (κ2) is 6.71. The van der Waals surface area contributed by atoms with Crippen LogP contribution in [0.2, 0.25) is 0 Å². The van der Waals surface area contributed by atoms with Crippen LogP contribution in [0.3, 0.4) is 0 Å². The third-order valence-electron chi connectivity index (χ3n) is 5.68. The predicted octanol–water partition coefficient (Wildman–Crippen LogP) is 3.62. The van der Waals surface area contributed by atoms with Crippen molar-refractivity contribution in [3.63, 3.8) is 0 Å². The molecule has 0 spiro atoms. The van der Waals surface area contributed by atoms with E-state index in [2.05, 4.69) is 0 Å². The molecular weight excluding hydrogens is 330 g/mol. The van der Waals surface area contributed by atoms with Crippen molar-refractivity contribution < 1.29 is 19.1 Å². The molecule has 0 radical (unpaired) electrons. The Bertz CT molecular complexity index is 836. The van der Waals surface area contributed by atoms with Gasteiger partial charge in [-0.25, -0.2) is 0 Å². The molecule has 1 fully saturated rings. The van der Waals surface area contributed by atoms with Gasteiger partial charge in [0.15, 0.2) is 17.3 Å². The number of aliphatic imine (C=N–C) groups is 1. The fourth-order valence-corrected chi connectivity index (χ4v) is 4.51.